The standard InChI is InChI=1S/C29H20ClF3N2O2S/c30-19-14-15-21-23(17-19)35-26(22-13-7-8-16-34-22)25(21)24(18-9-3-1-4-10-18)27(29(31,32)33)37-28(38)36-20-11-5-2-6-12-20/h1-17,24,27,35H. The summed E-state index contributed by atoms with van der Waals surface area (Å²) in [4.78, 5) is 7.64. The number of hydrogen-bond acceptors (Lipinski definition) is 4. The van der Waals surface area contributed by atoms with Gasteiger partial charge in [0.15, 0.2) is 0 Å². The lowest BCUT2D eigenvalue weighted by molar-refractivity contribution is -0.204. The van der Waals surface area contributed by atoms with Gasteiger partial charge in [-0.2, -0.15) is 13.2 Å². The number of rotatable bonds is 6. The third-order valence-corrected chi connectivity index (χ3v) is 6.40. The fourth-order valence-corrected chi connectivity index (χ4v) is 4.79. The second kappa shape index (κ2) is 10.8. The van der Waals surface area contributed by atoms with Crippen LogP contribution in [0.5, 0.6) is 5.75 Å². The summed E-state index contributed by atoms with van der Waals surface area (Å²) in [6, 6.07) is 26.9. The summed E-state index contributed by atoms with van der Waals surface area (Å²) in [5, 5.41) is 0.355. The Labute approximate surface area is 227 Å². The molecule has 38 heavy (non-hydrogen) atoms. The predicted molar refractivity (Wildman–Crippen MR) is 145 cm³/mol. The van der Waals surface area contributed by atoms with Gasteiger partial charge in [0.2, 0.25) is 6.10 Å². The van der Waals surface area contributed by atoms with Crippen molar-refractivity contribution in [2.75, 3.05) is 0 Å². The Morgan fingerprint density at radius 1 is 0.895 bits per heavy atom. The van der Waals surface area contributed by atoms with E-state index >= 15 is 0 Å². The number of fused-ring (bicyclic) bond motifs is 1. The number of aromatic nitrogens is 2. The van der Waals surface area contributed by atoms with E-state index in [1.807, 2.05) is 0 Å². The molecule has 2 atom stereocenters. The van der Waals surface area contributed by atoms with Crippen molar-refractivity contribution in [3.63, 3.8) is 0 Å². The summed E-state index contributed by atoms with van der Waals surface area (Å²) in [7, 11) is 0. The van der Waals surface area contributed by atoms with Crippen LogP contribution in [0.3, 0.4) is 0 Å². The average Bonchev–Trinajstić information content (AvgIpc) is 3.28. The van der Waals surface area contributed by atoms with Gasteiger partial charge in [-0.1, -0.05) is 72.3 Å². The van der Waals surface area contributed by atoms with E-state index in [2.05, 4.69) is 9.97 Å². The molecule has 0 aliphatic rings. The normalized spacial score (nSPS) is 13.2. The molecule has 0 amide bonds. The second-order valence-electron chi connectivity index (χ2n) is 8.45. The third-order valence-electron chi connectivity index (χ3n) is 5.98. The van der Waals surface area contributed by atoms with Crippen molar-refractivity contribution >= 4 is 40.0 Å². The van der Waals surface area contributed by atoms with E-state index in [1.54, 1.807) is 103 Å². The first kappa shape index (κ1) is 25.8. The lowest BCUT2D eigenvalue weighted by Crippen LogP contribution is -2.40. The molecule has 2 heterocycles. The van der Waals surface area contributed by atoms with Gasteiger partial charge >= 0.3 is 11.4 Å². The first-order chi connectivity index (χ1) is 18.3. The van der Waals surface area contributed by atoms with Crippen molar-refractivity contribution in [1.82, 2.24) is 9.97 Å². The van der Waals surface area contributed by atoms with Gasteiger partial charge in [0.05, 0.1) is 17.3 Å². The minimum absolute atomic E-state index is 0.269. The summed E-state index contributed by atoms with van der Waals surface area (Å²) in [6.07, 6.45) is -5.62. The van der Waals surface area contributed by atoms with Gasteiger partial charge in [-0.3, -0.25) is 4.98 Å². The van der Waals surface area contributed by atoms with Crippen LogP contribution in [0.1, 0.15) is 17.0 Å². The van der Waals surface area contributed by atoms with Crippen LogP contribution >= 0.6 is 23.8 Å². The van der Waals surface area contributed by atoms with Crippen molar-refractivity contribution in [1.29, 1.82) is 0 Å². The number of thiocarbonyl (C=S) groups is 1. The maximum Gasteiger partial charge on any atom is 0.426 e. The van der Waals surface area contributed by atoms with Crippen LogP contribution in [0.4, 0.5) is 13.2 Å². The number of benzene rings is 3. The summed E-state index contributed by atoms with van der Waals surface area (Å²) in [6.45, 7) is 0. The minimum Gasteiger partial charge on any atom is -0.443 e. The van der Waals surface area contributed by atoms with Crippen molar-refractivity contribution < 1.29 is 22.6 Å². The molecule has 0 aliphatic carbocycles. The molecular weight excluding hydrogens is 533 g/mol. The molecule has 0 saturated carbocycles. The number of aromatic amines is 1. The second-order valence-corrected chi connectivity index (χ2v) is 9.22. The molecule has 0 radical (unpaired) electrons. The number of ether oxygens (including phenoxy) is 2. The SMILES string of the molecule is FC(F)(F)C(OC(=S)Oc1ccccc1)C(c1ccccc1)c1c(-c2ccccn2)[nH]c2cc(Cl)ccc12. The highest BCUT2D eigenvalue weighted by molar-refractivity contribution is 7.79. The van der Waals surface area contributed by atoms with Gasteiger partial charge in [0.1, 0.15) is 5.75 Å². The molecule has 192 valence electrons. The van der Waals surface area contributed by atoms with Gasteiger partial charge in [-0.25, -0.2) is 0 Å². The molecule has 0 bridgehead atoms. The molecule has 5 rings (SSSR count). The highest BCUT2D eigenvalue weighted by atomic mass is 35.5. The Bertz CT molecular complexity index is 1540. The average molecular weight is 553 g/mol. The number of halogens is 4. The minimum atomic E-state index is -4.82. The van der Waals surface area contributed by atoms with Crippen LogP contribution in [0.25, 0.3) is 22.3 Å². The molecule has 5 aromatic rings. The molecule has 1 N–H and O–H groups in total. The van der Waals surface area contributed by atoms with Crippen molar-refractivity contribution in [3.05, 3.63) is 119 Å². The predicted octanol–water partition coefficient (Wildman–Crippen LogP) is 8.33. The van der Waals surface area contributed by atoms with Crippen LogP contribution in [0.2, 0.25) is 5.02 Å². The molecule has 0 spiro atoms. The Morgan fingerprint density at radius 3 is 2.24 bits per heavy atom. The van der Waals surface area contributed by atoms with Gasteiger partial charge in [-0.15, -0.1) is 0 Å². The van der Waals surface area contributed by atoms with E-state index in [4.69, 9.17) is 33.3 Å². The van der Waals surface area contributed by atoms with Crippen LogP contribution in [-0.2, 0) is 4.74 Å². The lowest BCUT2D eigenvalue weighted by atomic mass is 9.83. The molecule has 2 unspecified atom stereocenters. The van der Waals surface area contributed by atoms with E-state index < -0.39 is 23.4 Å². The van der Waals surface area contributed by atoms with E-state index in [1.165, 1.54) is 0 Å². The Balaban J connectivity index is 1.70. The van der Waals surface area contributed by atoms with E-state index in [0.717, 1.165) is 0 Å². The van der Waals surface area contributed by atoms with E-state index in [9.17, 15) is 13.2 Å². The van der Waals surface area contributed by atoms with E-state index in [-0.39, 0.29) is 5.75 Å². The first-order valence-electron chi connectivity index (χ1n) is 11.6. The first-order valence-corrected chi connectivity index (χ1v) is 12.4. The molecule has 2 aromatic heterocycles. The zero-order valence-electron chi connectivity index (χ0n) is 19.7. The zero-order chi connectivity index (χ0) is 26.7. The van der Waals surface area contributed by atoms with E-state index in [0.29, 0.717) is 38.4 Å². The highest BCUT2D eigenvalue weighted by Crippen LogP contribution is 2.45. The van der Waals surface area contributed by atoms with Crippen LogP contribution in [-0.4, -0.2) is 27.5 Å². The molecule has 0 aliphatic heterocycles. The van der Waals surface area contributed by atoms with Crippen molar-refractivity contribution in [2.24, 2.45) is 0 Å². The quantitative estimate of drug-likeness (QED) is 0.215. The molecule has 3 aromatic carbocycles. The third kappa shape index (κ3) is 5.51. The smallest absolute Gasteiger partial charge is 0.426 e. The molecule has 4 nitrogen and oxygen atoms in total. The maximum absolute atomic E-state index is 14.9. The maximum atomic E-state index is 14.9. The van der Waals surface area contributed by atoms with Gasteiger partial charge < -0.3 is 14.5 Å². The number of hydrogen-bond donors (Lipinski definition) is 1. The Morgan fingerprint density at radius 2 is 1.58 bits per heavy atom. The molecule has 9 heteroatoms. The lowest BCUT2D eigenvalue weighted by Gasteiger charge is -2.30. The number of alkyl halides is 3. The monoisotopic (exact) mass is 552 g/mol. The topological polar surface area (TPSA) is 47.1 Å². The largest absolute Gasteiger partial charge is 0.443 e. The van der Waals surface area contributed by atoms with Crippen molar-refractivity contribution in [3.8, 4) is 17.1 Å². The number of nitrogens with zero attached hydrogens (tertiary/aromatic N) is 1. The summed E-state index contributed by atoms with van der Waals surface area (Å²) in [5.74, 6) is -1.06. The number of para-hydroxylation sites is 1. The van der Waals surface area contributed by atoms with Gasteiger partial charge in [0.25, 0.3) is 0 Å². The summed E-state index contributed by atoms with van der Waals surface area (Å²) >= 11 is 11.4. The Kier molecular flexibility index (Phi) is 7.35. The van der Waals surface area contributed by atoms with Crippen LogP contribution in [0.15, 0.2) is 103 Å². The van der Waals surface area contributed by atoms with Crippen molar-refractivity contribution in [2.45, 2.75) is 18.2 Å². The van der Waals surface area contributed by atoms with Crippen LogP contribution in [0, 0.1) is 0 Å². The fourth-order valence-electron chi connectivity index (χ4n) is 4.42. The molecule has 0 fully saturated rings. The number of nitrogens with one attached hydrogen (secondary N) is 1. The highest BCUT2D eigenvalue weighted by Gasteiger charge is 2.50. The van der Waals surface area contributed by atoms with Gasteiger partial charge in [-0.05, 0) is 47.5 Å². The fraction of sp³-hybridized carbons (Fsp3) is 0.103. The molecular formula is C29H20ClF3N2O2S. The van der Waals surface area contributed by atoms with Crippen LogP contribution < -0.4 is 4.74 Å². The Hall–Kier alpha value is -3.88. The number of pyridine rings is 1. The van der Waals surface area contributed by atoms with Gasteiger partial charge in [0, 0.05) is 34.3 Å². The summed E-state index contributed by atoms with van der Waals surface area (Å²) < 4.78 is 55.5. The number of H-pyrrole nitrogens is 1. The summed E-state index contributed by atoms with van der Waals surface area (Å²) in [5.41, 5.74) is 2.19. The zero-order valence-corrected chi connectivity index (χ0v) is 21.2. The molecule has 0 saturated heterocycles.